The van der Waals surface area contributed by atoms with Crippen LogP contribution >= 0.6 is 0 Å². The average Bonchev–Trinajstić information content (AvgIpc) is 3.91. The van der Waals surface area contributed by atoms with E-state index < -0.39 is 0 Å². The van der Waals surface area contributed by atoms with E-state index in [1.165, 1.54) is 58.4 Å². The molecule has 2 aliphatic carbocycles. The molecular formula is C64H48N4O. The highest BCUT2D eigenvalue weighted by molar-refractivity contribution is 6.11. The molecule has 0 aliphatic heterocycles. The summed E-state index contributed by atoms with van der Waals surface area (Å²) < 4.78 is 9.28. The van der Waals surface area contributed by atoms with Crippen LogP contribution in [0.1, 0.15) is 60.6 Å². The quantitative estimate of drug-likeness (QED) is 0.167. The minimum absolute atomic E-state index is 0.355. The van der Waals surface area contributed by atoms with E-state index in [1.807, 2.05) is 0 Å². The zero-order valence-electron chi connectivity index (χ0n) is 38.2. The first kappa shape index (κ1) is 40.0. The van der Waals surface area contributed by atoms with Crippen LogP contribution in [-0.2, 0) is 6.42 Å². The Balaban J connectivity index is 0.991. The molecule has 14 rings (SSSR count). The highest BCUT2D eigenvalue weighted by Gasteiger charge is 2.38. The lowest BCUT2D eigenvalue weighted by Gasteiger charge is -2.36. The summed E-state index contributed by atoms with van der Waals surface area (Å²) in [4.78, 5) is 16.4. The van der Waals surface area contributed by atoms with Gasteiger partial charge in [-0.1, -0.05) is 165 Å². The number of fused-ring (bicyclic) bond motifs is 10. The van der Waals surface area contributed by atoms with Gasteiger partial charge in [0.05, 0.1) is 16.6 Å². The van der Waals surface area contributed by atoms with E-state index in [4.69, 9.17) is 19.4 Å². The first-order chi connectivity index (χ1) is 34.2. The molecule has 0 radical (unpaired) electrons. The molecule has 0 saturated heterocycles. The van der Waals surface area contributed by atoms with Gasteiger partial charge >= 0.3 is 0 Å². The smallest absolute Gasteiger partial charge is 0.167 e. The first-order valence-corrected chi connectivity index (χ1v) is 24.7. The Bertz CT molecular complexity index is 3940. The fourth-order valence-corrected chi connectivity index (χ4v) is 12.3. The third kappa shape index (κ3) is 6.78. The van der Waals surface area contributed by atoms with E-state index >= 15 is 0 Å². The minimum Gasteiger partial charge on any atom is -0.455 e. The second-order valence-electron chi connectivity index (χ2n) is 19.3. The molecule has 3 aromatic heterocycles. The van der Waals surface area contributed by atoms with Gasteiger partial charge in [-0.3, -0.25) is 0 Å². The van der Waals surface area contributed by atoms with Crippen molar-refractivity contribution < 1.29 is 4.42 Å². The molecule has 0 N–H and O–H groups in total. The van der Waals surface area contributed by atoms with E-state index in [0.717, 1.165) is 79.3 Å². The number of benzene rings is 9. The zero-order valence-corrected chi connectivity index (χ0v) is 38.2. The van der Waals surface area contributed by atoms with Gasteiger partial charge < -0.3 is 8.98 Å². The minimum atomic E-state index is 0.355. The molecule has 5 nitrogen and oxygen atoms in total. The summed E-state index contributed by atoms with van der Waals surface area (Å²) >= 11 is 0. The maximum absolute atomic E-state index is 6.93. The fourth-order valence-electron chi connectivity index (χ4n) is 12.3. The number of nitrogens with zero attached hydrogens (tertiary/aromatic N) is 4. The van der Waals surface area contributed by atoms with Crippen LogP contribution in [-0.4, -0.2) is 19.5 Å². The molecule has 3 atom stereocenters. The fraction of sp³-hybridized carbons (Fsp3) is 0.141. The number of furan rings is 1. The van der Waals surface area contributed by atoms with Gasteiger partial charge in [0.25, 0.3) is 0 Å². The van der Waals surface area contributed by atoms with E-state index in [9.17, 15) is 0 Å². The second-order valence-corrected chi connectivity index (χ2v) is 19.3. The lowest BCUT2D eigenvalue weighted by Crippen LogP contribution is -2.23. The Morgan fingerprint density at radius 1 is 0.435 bits per heavy atom. The molecule has 12 aromatic rings. The largest absolute Gasteiger partial charge is 0.455 e. The monoisotopic (exact) mass is 888 g/mol. The lowest BCUT2D eigenvalue weighted by molar-refractivity contribution is 0.261. The van der Waals surface area contributed by atoms with Gasteiger partial charge in [0.2, 0.25) is 0 Å². The predicted molar refractivity (Wildman–Crippen MR) is 283 cm³/mol. The van der Waals surface area contributed by atoms with Gasteiger partial charge in [-0.15, -0.1) is 0 Å². The summed E-state index contributed by atoms with van der Waals surface area (Å²) in [5.74, 6) is 3.24. The van der Waals surface area contributed by atoms with Gasteiger partial charge in [0.1, 0.15) is 11.2 Å². The van der Waals surface area contributed by atoms with Gasteiger partial charge in [-0.2, -0.15) is 0 Å². The molecule has 0 bridgehead atoms. The Kier molecular flexibility index (Phi) is 9.43. The molecule has 0 amide bonds. The van der Waals surface area contributed by atoms with Crippen molar-refractivity contribution in [1.82, 2.24) is 19.5 Å². The topological polar surface area (TPSA) is 56.7 Å². The highest BCUT2D eigenvalue weighted by Crippen LogP contribution is 2.52. The van der Waals surface area contributed by atoms with Crippen molar-refractivity contribution in [3.63, 3.8) is 0 Å². The van der Waals surface area contributed by atoms with E-state index in [0.29, 0.717) is 35.2 Å². The molecule has 9 aromatic carbocycles. The molecule has 1 fully saturated rings. The number of hydrogen-bond donors (Lipinski definition) is 0. The van der Waals surface area contributed by atoms with Gasteiger partial charge in [-0.25, -0.2) is 15.0 Å². The van der Waals surface area contributed by atoms with Crippen LogP contribution in [0.2, 0.25) is 0 Å². The number of rotatable bonds is 6. The number of aromatic nitrogens is 4. The van der Waals surface area contributed by atoms with Crippen molar-refractivity contribution in [3.8, 4) is 51.0 Å². The molecule has 330 valence electrons. The Labute approximate surface area is 400 Å². The number of para-hydroxylation sites is 3. The van der Waals surface area contributed by atoms with Gasteiger partial charge in [0, 0.05) is 38.4 Å². The van der Waals surface area contributed by atoms with Crippen LogP contribution in [0.4, 0.5) is 0 Å². The third-order valence-electron chi connectivity index (χ3n) is 15.4. The Hall–Kier alpha value is -8.15. The molecule has 0 spiro atoms. The van der Waals surface area contributed by atoms with Crippen LogP contribution in [0.15, 0.2) is 205 Å². The molecule has 2 unspecified atom stereocenters. The molecular weight excluding hydrogens is 841 g/mol. The van der Waals surface area contributed by atoms with Crippen molar-refractivity contribution in [3.05, 3.63) is 217 Å². The van der Waals surface area contributed by atoms with Crippen molar-refractivity contribution >= 4 is 54.5 Å². The summed E-state index contributed by atoms with van der Waals surface area (Å²) in [5, 5.41) is 7.30. The van der Waals surface area contributed by atoms with Crippen molar-refractivity contribution in [2.75, 3.05) is 0 Å². The van der Waals surface area contributed by atoms with Gasteiger partial charge in [-0.05, 0) is 131 Å². The predicted octanol–water partition coefficient (Wildman–Crippen LogP) is 16.7. The SMILES string of the molecule is c1ccc(-c2cccc(-c3nc(-c4ccc5c6ccccc6n(-c6ccccc6)c5c4)nc(-c4cc([C@@H]5CCc6cc7ccccc7cc6C6CCCCC65)cc5c4oc4ccccc45)n3)c2)cc1. The summed E-state index contributed by atoms with van der Waals surface area (Å²) in [7, 11) is 0. The summed E-state index contributed by atoms with van der Waals surface area (Å²) in [6.07, 6.45) is 7.13. The first-order valence-electron chi connectivity index (χ1n) is 24.7. The maximum Gasteiger partial charge on any atom is 0.167 e. The Morgan fingerprint density at radius 2 is 1.10 bits per heavy atom. The van der Waals surface area contributed by atoms with Crippen molar-refractivity contribution in [1.29, 1.82) is 0 Å². The standard InChI is InChI=1S/C64H48N4O/c1-3-16-40(17-4-1)41-20-15-21-45(35-41)62-65-63(46-31-33-53-52-26-11-13-28-58(52)68(59(53)39-46)48-22-5-2-6-23-48)67-64(66-62)57-38-47(37-56-54-27-12-14-29-60(54)69-61(56)57)49-32-30-44-34-42-18-7-8-19-43(42)36-55(44)51-25-10-9-24-50(49)51/h1-8,11-23,26-29,31,33-39,49-51H,9-10,24-25,30,32H2/t49-,50?,51?/m0/s1. The van der Waals surface area contributed by atoms with Crippen molar-refractivity contribution in [2.45, 2.75) is 50.4 Å². The van der Waals surface area contributed by atoms with E-state index in [-0.39, 0.29) is 0 Å². The maximum atomic E-state index is 6.93. The van der Waals surface area contributed by atoms with Crippen molar-refractivity contribution in [2.24, 2.45) is 5.92 Å². The third-order valence-corrected chi connectivity index (χ3v) is 15.4. The lowest BCUT2D eigenvalue weighted by atomic mass is 9.68. The summed E-state index contributed by atoms with van der Waals surface area (Å²) in [5.41, 5.74) is 14.5. The second kappa shape index (κ2) is 16.3. The summed E-state index contributed by atoms with van der Waals surface area (Å²) in [6.45, 7) is 0. The van der Waals surface area contributed by atoms with Crippen LogP contribution in [0.25, 0.3) is 105 Å². The summed E-state index contributed by atoms with van der Waals surface area (Å²) in [6, 6.07) is 72.3. The van der Waals surface area contributed by atoms with Crippen LogP contribution in [0.5, 0.6) is 0 Å². The van der Waals surface area contributed by atoms with E-state index in [1.54, 1.807) is 5.56 Å². The Morgan fingerprint density at radius 3 is 1.96 bits per heavy atom. The molecule has 3 heterocycles. The number of aryl methyl sites for hydroxylation is 1. The van der Waals surface area contributed by atoms with Crippen LogP contribution < -0.4 is 0 Å². The normalized spacial score (nSPS) is 17.1. The molecule has 1 saturated carbocycles. The van der Waals surface area contributed by atoms with Gasteiger partial charge in [0.15, 0.2) is 17.5 Å². The van der Waals surface area contributed by atoms with E-state index in [2.05, 4.69) is 205 Å². The highest BCUT2D eigenvalue weighted by atomic mass is 16.3. The number of hydrogen-bond acceptors (Lipinski definition) is 4. The van der Waals surface area contributed by atoms with Crippen LogP contribution in [0.3, 0.4) is 0 Å². The average molecular weight is 889 g/mol. The molecule has 2 aliphatic rings. The zero-order chi connectivity index (χ0) is 45.4. The molecule has 5 heteroatoms. The van der Waals surface area contributed by atoms with Crippen LogP contribution in [0, 0.1) is 5.92 Å². The molecule has 69 heavy (non-hydrogen) atoms.